The Morgan fingerprint density at radius 1 is 0.957 bits per heavy atom. The highest BCUT2D eigenvalue weighted by molar-refractivity contribution is 7.80. The average Bonchev–Trinajstić information content (AvgIpc) is 2.40. The fraction of sp³-hybridized carbons (Fsp3) is 0.0769. The van der Waals surface area contributed by atoms with Gasteiger partial charge in [0.15, 0.2) is 0 Å². The quantitative estimate of drug-likeness (QED) is 0.669. The monoisotopic (exact) mass is 354 g/mol. The van der Waals surface area contributed by atoms with Crippen LogP contribution in [0.4, 0.5) is 32.0 Å². The maximum absolute atomic E-state index is 13.9. The van der Waals surface area contributed by atoms with Crippen molar-refractivity contribution in [2.24, 2.45) is 0 Å². The van der Waals surface area contributed by atoms with E-state index < -0.39 is 51.7 Å². The third-order valence-electron chi connectivity index (χ3n) is 2.84. The van der Waals surface area contributed by atoms with E-state index in [0.717, 1.165) is 6.07 Å². The molecule has 0 aromatic heterocycles. The van der Waals surface area contributed by atoms with Gasteiger partial charge in [-0.25, -0.2) is 13.2 Å². The first-order valence-electron chi connectivity index (χ1n) is 5.81. The first-order valence-corrected chi connectivity index (χ1v) is 6.89. The summed E-state index contributed by atoms with van der Waals surface area (Å²) in [6, 6.07) is 2.64. The summed E-state index contributed by atoms with van der Waals surface area (Å²) in [4.78, 5) is 0. The molecule has 10 heteroatoms. The molecule has 2 rings (SSSR count). The van der Waals surface area contributed by atoms with Crippen molar-refractivity contribution in [3.8, 4) is 11.1 Å². The number of anilines is 1. The van der Waals surface area contributed by atoms with Crippen molar-refractivity contribution in [3.63, 3.8) is 0 Å². The molecule has 0 radical (unpaired) electrons. The lowest BCUT2D eigenvalue weighted by atomic mass is 10.0. The smallest absolute Gasteiger partial charge is 0.419 e. The summed E-state index contributed by atoms with van der Waals surface area (Å²) in [7, 11) is 0. The Labute approximate surface area is 128 Å². The number of rotatable bonds is 3. The molecule has 0 heterocycles. The lowest BCUT2D eigenvalue weighted by Crippen LogP contribution is -2.08. The minimum absolute atomic E-state index is 0.332. The molecule has 23 heavy (non-hydrogen) atoms. The zero-order valence-electron chi connectivity index (χ0n) is 10.9. The van der Waals surface area contributed by atoms with Gasteiger partial charge in [0.25, 0.3) is 0 Å². The van der Waals surface area contributed by atoms with Crippen LogP contribution in [-0.4, -0.2) is 8.76 Å². The zero-order valence-corrected chi connectivity index (χ0v) is 11.7. The van der Waals surface area contributed by atoms with Crippen molar-refractivity contribution < 1.29 is 35.1 Å². The molecule has 0 aliphatic rings. The van der Waals surface area contributed by atoms with Gasteiger partial charge in [0.05, 0.1) is 11.3 Å². The molecule has 3 nitrogen and oxygen atoms in total. The molecule has 0 saturated heterocycles. The molecule has 0 saturated carbocycles. The number of nitrogens with one attached hydrogen (secondary N) is 1. The molecule has 2 aromatic rings. The predicted molar refractivity (Wildman–Crippen MR) is 69.3 cm³/mol. The van der Waals surface area contributed by atoms with Crippen molar-refractivity contribution in [2.75, 3.05) is 4.72 Å². The van der Waals surface area contributed by atoms with Crippen LogP contribution in [-0.2, 0) is 17.4 Å². The highest BCUT2D eigenvalue weighted by atomic mass is 32.2. The molecule has 0 amide bonds. The van der Waals surface area contributed by atoms with Crippen LogP contribution in [0, 0.1) is 17.5 Å². The minimum atomic E-state index is -4.92. The Morgan fingerprint density at radius 2 is 1.61 bits per heavy atom. The second kappa shape index (κ2) is 6.20. The SMILES string of the molecule is O=S([O-])Nc1cc(F)c(-c2ccc(C(F)(F)F)c(F)c2)cc1F. The molecule has 1 N–H and O–H groups in total. The average molecular weight is 354 g/mol. The van der Waals surface area contributed by atoms with E-state index >= 15 is 0 Å². The molecule has 1 unspecified atom stereocenters. The highest BCUT2D eigenvalue weighted by Gasteiger charge is 2.34. The molecule has 0 aliphatic carbocycles. The molecule has 0 fully saturated rings. The standard InChI is InChI=1S/C13H7F6NO2S/c14-9-5-12(20-23(21)22)11(16)4-7(9)6-1-2-8(10(15)3-6)13(17,18)19/h1-5,20H,(H,21,22)/p-1. The van der Waals surface area contributed by atoms with Crippen LogP contribution in [0.25, 0.3) is 11.1 Å². The lowest BCUT2D eigenvalue weighted by Gasteiger charge is -2.13. The van der Waals surface area contributed by atoms with E-state index in [0.29, 0.717) is 24.3 Å². The Kier molecular flexibility index (Phi) is 4.66. The normalized spacial score (nSPS) is 13.0. The Hall–Kier alpha value is -2.07. The van der Waals surface area contributed by atoms with Gasteiger partial charge in [-0.15, -0.1) is 0 Å². The summed E-state index contributed by atoms with van der Waals surface area (Å²) in [6.45, 7) is 0. The van der Waals surface area contributed by atoms with Gasteiger partial charge >= 0.3 is 6.18 Å². The molecule has 124 valence electrons. The summed E-state index contributed by atoms with van der Waals surface area (Å²) in [5, 5.41) is 0. The molecule has 0 spiro atoms. The van der Waals surface area contributed by atoms with Gasteiger partial charge in [-0.3, -0.25) is 4.21 Å². The van der Waals surface area contributed by atoms with Crippen LogP contribution in [0.1, 0.15) is 5.56 Å². The number of hydrogen-bond acceptors (Lipinski definition) is 2. The van der Waals surface area contributed by atoms with E-state index in [1.807, 2.05) is 0 Å². The lowest BCUT2D eigenvalue weighted by molar-refractivity contribution is -0.139. The molecular weight excluding hydrogens is 348 g/mol. The Balaban J connectivity index is 2.49. The second-order valence-electron chi connectivity index (χ2n) is 4.34. The Bertz CT molecular complexity index is 778. The zero-order chi connectivity index (χ0) is 17.4. The number of alkyl halides is 3. The van der Waals surface area contributed by atoms with E-state index in [2.05, 4.69) is 0 Å². The number of hydrogen-bond donors (Lipinski definition) is 1. The van der Waals surface area contributed by atoms with E-state index in [4.69, 9.17) is 0 Å². The van der Waals surface area contributed by atoms with E-state index in [1.54, 1.807) is 4.72 Å². The van der Waals surface area contributed by atoms with Gasteiger partial charge in [0, 0.05) is 22.9 Å². The van der Waals surface area contributed by atoms with Crippen LogP contribution >= 0.6 is 0 Å². The molecule has 0 bridgehead atoms. The highest BCUT2D eigenvalue weighted by Crippen LogP contribution is 2.35. The number of halogens is 6. The van der Waals surface area contributed by atoms with E-state index in [9.17, 15) is 35.1 Å². The summed E-state index contributed by atoms with van der Waals surface area (Å²) in [5.41, 5.74) is -3.08. The van der Waals surface area contributed by atoms with Gasteiger partial charge in [0.2, 0.25) is 0 Å². The van der Waals surface area contributed by atoms with Crippen LogP contribution < -0.4 is 4.72 Å². The van der Waals surface area contributed by atoms with Crippen LogP contribution in [0.2, 0.25) is 0 Å². The third kappa shape index (κ3) is 3.82. The van der Waals surface area contributed by atoms with Gasteiger partial charge in [-0.2, -0.15) is 13.2 Å². The minimum Gasteiger partial charge on any atom is -0.755 e. The van der Waals surface area contributed by atoms with Gasteiger partial charge in [0.1, 0.15) is 17.5 Å². The topological polar surface area (TPSA) is 52.2 Å². The van der Waals surface area contributed by atoms with Crippen molar-refractivity contribution in [1.82, 2.24) is 0 Å². The van der Waals surface area contributed by atoms with Crippen LogP contribution in [0.3, 0.4) is 0 Å². The number of benzene rings is 2. The van der Waals surface area contributed by atoms with E-state index in [1.165, 1.54) is 0 Å². The maximum atomic E-state index is 13.9. The molecule has 2 aromatic carbocycles. The summed E-state index contributed by atoms with van der Waals surface area (Å²) in [6.07, 6.45) is -4.92. The van der Waals surface area contributed by atoms with Crippen LogP contribution in [0.5, 0.6) is 0 Å². The maximum Gasteiger partial charge on any atom is 0.419 e. The second-order valence-corrected chi connectivity index (χ2v) is 5.01. The fourth-order valence-corrected chi connectivity index (χ4v) is 2.18. The Morgan fingerprint density at radius 3 is 2.13 bits per heavy atom. The van der Waals surface area contributed by atoms with Crippen molar-refractivity contribution in [3.05, 3.63) is 53.3 Å². The summed E-state index contributed by atoms with van der Waals surface area (Å²) in [5.74, 6) is -3.96. The molecule has 1 atom stereocenters. The van der Waals surface area contributed by atoms with Gasteiger partial charge < -0.3 is 9.27 Å². The van der Waals surface area contributed by atoms with Crippen molar-refractivity contribution in [2.45, 2.75) is 6.18 Å². The fourth-order valence-electron chi connectivity index (χ4n) is 1.85. The molecular formula is C13H6F6NO2S-. The summed E-state index contributed by atoms with van der Waals surface area (Å²) >= 11 is -2.89. The van der Waals surface area contributed by atoms with Crippen molar-refractivity contribution in [1.29, 1.82) is 0 Å². The van der Waals surface area contributed by atoms with E-state index in [-0.39, 0.29) is 5.56 Å². The first kappa shape index (κ1) is 17.3. The van der Waals surface area contributed by atoms with Gasteiger partial charge in [-0.05, 0) is 23.8 Å². The molecule has 0 aliphatic heterocycles. The van der Waals surface area contributed by atoms with Gasteiger partial charge in [-0.1, -0.05) is 6.07 Å². The first-order chi connectivity index (χ1) is 10.6. The van der Waals surface area contributed by atoms with Crippen molar-refractivity contribution >= 4 is 17.0 Å². The largest absolute Gasteiger partial charge is 0.755 e. The third-order valence-corrected chi connectivity index (χ3v) is 3.22. The van der Waals surface area contributed by atoms with Crippen LogP contribution in [0.15, 0.2) is 30.3 Å². The predicted octanol–water partition coefficient (Wildman–Crippen LogP) is 4.00. The summed E-state index contributed by atoms with van der Waals surface area (Å²) < 4.78 is 101.